The van der Waals surface area contributed by atoms with Crippen LogP contribution in [0.3, 0.4) is 0 Å². The molecule has 1 amide bonds. The first-order chi connectivity index (χ1) is 16.5. The van der Waals surface area contributed by atoms with E-state index in [0.29, 0.717) is 0 Å². The highest BCUT2D eigenvalue weighted by Gasteiger charge is 2.28. The molecule has 0 aromatic heterocycles. The number of carbonyl (C=O) groups excluding carboxylic acids is 1. The van der Waals surface area contributed by atoms with Gasteiger partial charge in [-0.25, -0.2) is 0 Å². The van der Waals surface area contributed by atoms with E-state index >= 15 is 0 Å². The standard InChI is InChI=1S/C22H28N2O/c1-2-22(25)24(20-11-7-4-8-12-20)21-14-17-23(18-15-21)16-13-19-9-5-3-6-10-19/h3-12,21H,2,13-18H2,1H3/i2D2,4D,7D,8D,11D,12D,13D2,16D2. The minimum absolute atomic E-state index is 0.000830. The Bertz CT molecular complexity index is 1100. The van der Waals surface area contributed by atoms with Gasteiger partial charge in [0.05, 0.1) is 6.85 Å². The second-order valence-electron chi connectivity index (χ2n) is 5.72. The molecule has 2 aromatic rings. The lowest BCUT2D eigenvalue weighted by molar-refractivity contribution is -0.119. The topological polar surface area (TPSA) is 23.6 Å². The van der Waals surface area contributed by atoms with E-state index in [-0.39, 0.29) is 31.5 Å². The lowest BCUT2D eigenvalue weighted by atomic mass is 10.0. The molecule has 0 spiro atoms. The first-order valence-corrected chi connectivity index (χ1v) is 8.24. The summed E-state index contributed by atoms with van der Waals surface area (Å²) in [5.74, 6) is -1.07. The van der Waals surface area contributed by atoms with Crippen LogP contribution in [-0.4, -0.2) is 36.4 Å². The summed E-state index contributed by atoms with van der Waals surface area (Å²) in [4.78, 5) is 15.4. The fourth-order valence-electron chi connectivity index (χ4n) is 2.84. The Morgan fingerprint density at radius 2 is 1.88 bits per heavy atom. The Morgan fingerprint density at radius 1 is 1.20 bits per heavy atom. The number of hydrogen-bond donors (Lipinski definition) is 0. The Balaban J connectivity index is 1.96. The first-order valence-electron chi connectivity index (χ1n) is 13.7. The van der Waals surface area contributed by atoms with E-state index in [9.17, 15) is 4.79 Å². The molecule has 0 radical (unpaired) electrons. The predicted molar refractivity (Wildman–Crippen MR) is 104 cm³/mol. The van der Waals surface area contributed by atoms with Crippen LogP contribution in [0.5, 0.6) is 0 Å². The van der Waals surface area contributed by atoms with Gasteiger partial charge in [-0.1, -0.05) is 55.4 Å². The quantitative estimate of drug-likeness (QED) is 0.784. The third-order valence-corrected chi connectivity index (χ3v) is 4.12. The summed E-state index contributed by atoms with van der Waals surface area (Å²) in [7, 11) is 0. The lowest BCUT2D eigenvalue weighted by Crippen LogP contribution is -2.47. The third kappa shape index (κ3) is 4.70. The molecule has 1 aliphatic heterocycles. The summed E-state index contributed by atoms with van der Waals surface area (Å²) in [5.41, 5.74) is -0.245. The van der Waals surface area contributed by atoms with Crippen molar-refractivity contribution in [3.8, 4) is 0 Å². The average Bonchev–Trinajstić information content (AvgIpc) is 2.83. The zero-order valence-corrected chi connectivity index (χ0v) is 14.1. The molecule has 1 fully saturated rings. The van der Waals surface area contributed by atoms with Crippen LogP contribution < -0.4 is 4.90 Å². The van der Waals surface area contributed by atoms with Gasteiger partial charge in [-0.3, -0.25) is 4.79 Å². The first kappa shape index (κ1) is 8.50. The number of aryl methyl sites for hydroxylation is 1. The monoisotopic (exact) mass is 347 g/mol. The number of likely N-dealkylation sites (tertiary alicyclic amines) is 1. The van der Waals surface area contributed by atoms with E-state index in [4.69, 9.17) is 15.1 Å². The van der Waals surface area contributed by atoms with Gasteiger partial charge in [-0.15, -0.1) is 0 Å². The third-order valence-electron chi connectivity index (χ3n) is 4.12. The highest BCUT2D eigenvalue weighted by atomic mass is 16.2. The van der Waals surface area contributed by atoms with Gasteiger partial charge < -0.3 is 9.80 Å². The molecular formula is C22H28N2O. The number of piperidine rings is 1. The van der Waals surface area contributed by atoms with Gasteiger partial charge in [0.15, 0.2) is 0 Å². The highest BCUT2D eigenvalue weighted by Crippen LogP contribution is 2.24. The Kier molecular flexibility index (Phi) is 3.00. The van der Waals surface area contributed by atoms with Crippen molar-refractivity contribution < 1.29 is 19.9 Å². The molecule has 3 heteroatoms. The van der Waals surface area contributed by atoms with Crippen molar-refractivity contribution >= 4 is 11.6 Å². The van der Waals surface area contributed by atoms with Crippen molar-refractivity contribution in [2.24, 2.45) is 0 Å². The molecule has 3 nitrogen and oxygen atoms in total. The Labute approximate surface area is 166 Å². The number of amides is 1. The summed E-state index contributed by atoms with van der Waals surface area (Å²) in [5, 5.41) is 0. The van der Waals surface area contributed by atoms with E-state index in [1.807, 2.05) is 0 Å². The second kappa shape index (κ2) is 8.82. The molecule has 0 bridgehead atoms. The fraction of sp³-hybridized carbons (Fsp3) is 0.409. The highest BCUT2D eigenvalue weighted by molar-refractivity contribution is 5.93. The number of benzene rings is 2. The van der Waals surface area contributed by atoms with Crippen LogP contribution in [0.25, 0.3) is 0 Å². The molecule has 1 aliphatic rings. The molecular weight excluding hydrogens is 308 g/mol. The van der Waals surface area contributed by atoms with E-state index in [2.05, 4.69) is 0 Å². The molecule has 3 rings (SSSR count). The van der Waals surface area contributed by atoms with Crippen LogP contribution in [0.2, 0.25) is 0 Å². The van der Waals surface area contributed by atoms with Crippen LogP contribution in [0.4, 0.5) is 5.69 Å². The summed E-state index contributed by atoms with van der Waals surface area (Å²) >= 11 is 0. The maximum atomic E-state index is 13.2. The van der Waals surface area contributed by atoms with Gasteiger partial charge in [-0.05, 0) is 36.9 Å². The number of anilines is 1. The maximum Gasteiger partial charge on any atom is 0.226 e. The van der Waals surface area contributed by atoms with Crippen molar-refractivity contribution in [3.63, 3.8) is 0 Å². The molecule has 0 N–H and O–H groups in total. The average molecular weight is 348 g/mol. The van der Waals surface area contributed by atoms with E-state index in [0.717, 1.165) is 11.8 Å². The number of nitrogens with zero attached hydrogens (tertiary/aromatic N) is 2. The Hall–Kier alpha value is -2.13. The minimum Gasteiger partial charge on any atom is -0.309 e. The van der Waals surface area contributed by atoms with Gasteiger partial charge in [0.25, 0.3) is 0 Å². The van der Waals surface area contributed by atoms with Crippen molar-refractivity contribution in [1.29, 1.82) is 0 Å². The molecule has 0 atom stereocenters. The minimum atomic E-state index is -2.41. The van der Waals surface area contributed by atoms with Crippen LogP contribution >= 0.6 is 0 Å². The van der Waals surface area contributed by atoms with Crippen molar-refractivity contribution in [2.75, 3.05) is 24.5 Å². The van der Waals surface area contributed by atoms with Gasteiger partial charge in [0.1, 0.15) is 0 Å². The van der Waals surface area contributed by atoms with Gasteiger partial charge >= 0.3 is 0 Å². The summed E-state index contributed by atoms with van der Waals surface area (Å²) in [6.07, 6.45) is -4.60. The van der Waals surface area contributed by atoms with Gasteiger partial charge in [-0.2, -0.15) is 0 Å². The molecule has 1 heterocycles. The number of carbonyl (C=O) groups is 1. The molecule has 0 unspecified atom stereocenters. The largest absolute Gasteiger partial charge is 0.309 e. The zero-order valence-electron chi connectivity index (χ0n) is 25.1. The normalized spacial score (nSPS) is 24.0. The molecule has 25 heavy (non-hydrogen) atoms. The molecule has 0 aliphatic carbocycles. The van der Waals surface area contributed by atoms with E-state index < -0.39 is 67.1 Å². The Morgan fingerprint density at radius 3 is 2.52 bits per heavy atom. The predicted octanol–water partition coefficient (Wildman–Crippen LogP) is 4.14. The second-order valence-corrected chi connectivity index (χ2v) is 5.72. The SMILES string of the molecule is [2H]c1c([2H])c([2H])c(N(C(=O)C([2H])([2H])C)C2CCN(C([2H])([2H])C([2H])([2H])c3ccccc3)CC2)c([2H])c1[2H]. The number of rotatable bonds is 6. The summed E-state index contributed by atoms with van der Waals surface area (Å²) < 4.78 is 90.3. The fourth-order valence-corrected chi connectivity index (χ4v) is 2.84. The van der Waals surface area contributed by atoms with E-state index in [1.165, 1.54) is 17.0 Å². The van der Waals surface area contributed by atoms with Crippen LogP contribution in [0.1, 0.15) is 46.8 Å². The van der Waals surface area contributed by atoms with Crippen LogP contribution in [0.15, 0.2) is 60.5 Å². The lowest BCUT2D eigenvalue weighted by Gasteiger charge is -2.38. The van der Waals surface area contributed by atoms with Crippen molar-refractivity contribution in [2.45, 2.75) is 38.6 Å². The summed E-state index contributed by atoms with van der Waals surface area (Å²) in [6.45, 7) is -1.39. The maximum absolute atomic E-state index is 13.2. The van der Waals surface area contributed by atoms with Crippen LogP contribution in [0, 0.1) is 0 Å². The molecule has 132 valence electrons. The smallest absolute Gasteiger partial charge is 0.226 e. The molecule has 0 saturated carbocycles. The van der Waals surface area contributed by atoms with Crippen molar-refractivity contribution in [3.05, 3.63) is 66.1 Å². The number of para-hydroxylation sites is 1. The molecule has 2 aromatic carbocycles. The van der Waals surface area contributed by atoms with Crippen LogP contribution in [-0.2, 0) is 11.2 Å². The van der Waals surface area contributed by atoms with Gasteiger partial charge in [0, 0.05) is 45.9 Å². The van der Waals surface area contributed by atoms with E-state index in [1.54, 1.807) is 18.2 Å². The van der Waals surface area contributed by atoms with Gasteiger partial charge in [0.2, 0.25) is 5.91 Å². The zero-order chi connectivity index (χ0) is 27.2. The van der Waals surface area contributed by atoms with Crippen molar-refractivity contribution in [1.82, 2.24) is 4.90 Å². The summed E-state index contributed by atoms with van der Waals surface area (Å²) in [6, 6.07) is 3.99. The number of hydrogen-bond acceptors (Lipinski definition) is 2. The molecule has 1 saturated heterocycles.